The average molecular weight is 422 g/mol. The second kappa shape index (κ2) is 10.9. The van der Waals surface area contributed by atoms with Crippen LogP contribution in [0.5, 0.6) is 0 Å². The molecule has 0 bridgehead atoms. The number of nitrogens with zero attached hydrogens (tertiary/aromatic N) is 1. The molecule has 1 aliphatic rings. The third-order valence-corrected chi connectivity index (χ3v) is 4.93. The Hall–Kier alpha value is -2.65. The molecule has 2 unspecified atom stereocenters. The van der Waals surface area contributed by atoms with E-state index in [0.29, 0.717) is 12.8 Å². The van der Waals surface area contributed by atoms with Crippen LogP contribution in [-0.4, -0.2) is 72.2 Å². The molecule has 9 nitrogen and oxygen atoms in total. The Morgan fingerprint density at radius 1 is 1.30 bits per heavy atom. The highest BCUT2D eigenvalue weighted by atomic mass is 16.7. The predicted molar refractivity (Wildman–Crippen MR) is 108 cm³/mol. The van der Waals surface area contributed by atoms with Crippen molar-refractivity contribution >= 4 is 18.0 Å². The Morgan fingerprint density at radius 2 is 2.00 bits per heavy atom. The van der Waals surface area contributed by atoms with Crippen molar-refractivity contribution in [1.82, 2.24) is 10.2 Å². The summed E-state index contributed by atoms with van der Waals surface area (Å²) in [6.45, 7) is 5.47. The number of hydrogen-bond acceptors (Lipinski definition) is 7. The zero-order valence-corrected chi connectivity index (χ0v) is 17.6. The fourth-order valence-corrected chi connectivity index (χ4v) is 3.42. The molecule has 1 aliphatic heterocycles. The van der Waals surface area contributed by atoms with Crippen LogP contribution in [0.4, 0.5) is 4.79 Å². The highest BCUT2D eigenvalue weighted by Gasteiger charge is 2.43. The van der Waals surface area contributed by atoms with Gasteiger partial charge in [-0.3, -0.25) is 19.8 Å². The molecule has 0 spiro atoms. The van der Waals surface area contributed by atoms with Gasteiger partial charge in [-0.2, -0.15) is 0 Å². The summed E-state index contributed by atoms with van der Waals surface area (Å²) < 4.78 is 15.4. The summed E-state index contributed by atoms with van der Waals surface area (Å²) in [5.41, 5.74) is -0.358. The number of hydrogen-bond donors (Lipinski definition) is 2. The normalized spacial score (nSPS) is 20.8. The maximum atomic E-state index is 13.1. The molecule has 1 fully saturated rings. The summed E-state index contributed by atoms with van der Waals surface area (Å²) in [6.07, 6.45) is -0.407. The zero-order chi connectivity index (χ0) is 22.1. The van der Waals surface area contributed by atoms with Gasteiger partial charge in [-0.15, -0.1) is 0 Å². The summed E-state index contributed by atoms with van der Waals surface area (Å²) in [5.74, 6) is -0.810. The first kappa shape index (κ1) is 23.6. The first-order valence-electron chi connectivity index (χ1n) is 10.0. The zero-order valence-electron chi connectivity index (χ0n) is 17.6. The van der Waals surface area contributed by atoms with Crippen LogP contribution >= 0.6 is 0 Å². The van der Waals surface area contributed by atoms with E-state index in [1.165, 1.54) is 11.8 Å². The average Bonchev–Trinajstić information content (AvgIpc) is 2.70. The minimum Gasteiger partial charge on any atom is -0.465 e. The standard InChI is InChI=1S/C21H30N2O7/c1-4-29-19(25)17(11-10-16-8-6-5-7-9-16)22-15(2)18(24)23-12-13-28-14-21(23,3)30-20(26)27/h5-9,15,17,22H,4,10-14H2,1-3H3,(H,26,27)/t15-,17?,21?/m0/s1. The highest BCUT2D eigenvalue weighted by Crippen LogP contribution is 2.23. The van der Waals surface area contributed by atoms with Gasteiger partial charge in [-0.25, -0.2) is 4.79 Å². The Labute approximate surface area is 176 Å². The van der Waals surface area contributed by atoms with Gasteiger partial charge >= 0.3 is 12.1 Å². The van der Waals surface area contributed by atoms with Gasteiger partial charge in [0.25, 0.3) is 0 Å². The Bertz CT molecular complexity index is 727. The lowest BCUT2D eigenvalue weighted by atomic mass is 10.0. The molecule has 1 amide bonds. The number of nitrogens with one attached hydrogen (secondary N) is 1. The molecular formula is C21H30N2O7. The van der Waals surface area contributed by atoms with Gasteiger partial charge in [-0.1, -0.05) is 30.3 Å². The molecule has 1 saturated heterocycles. The SMILES string of the molecule is CCOC(=O)C(CCc1ccccc1)N[C@@H](C)C(=O)N1CCOCC1(C)OC(=O)O. The lowest BCUT2D eigenvalue weighted by molar-refractivity contribution is -0.196. The van der Waals surface area contributed by atoms with E-state index < -0.39 is 29.9 Å². The molecule has 9 heteroatoms. The number of carbonyl (C=O) groups is 3. The highest BCUT2D eigenvalue weighted by molar-refractivity contribution is 5.84. The Kier molecular flexibility index (Phi) is 8.61. The van der Waals surface area contributed by atoms with Crippen LogP contribution in [0.3, 0.4) is 0 Å². The minimum absolute atomic E-state index is 0.0624. The van der Waals surface area contributed by atoms with Crippen LogP contribution in [0.25, 0.3) is 0 Å². The van der Waals surface area contributed by atoms with Crippen LogP contribution in [0, 0.1) is 0 Å². The molecule has 0 radical (unpaired) electrons. The van der Waals surface area contributed by atoms with Gasteiger partial charge in [0.15, 0.2) is 0 Å². The van der Waals surface area contributed by atoms with Crippen molar-refractivity contribution in [2.45, 2.75) is 51.4 Å². The summed E-state index contributed by atoms with van der Waals surface area (Å²) in [4.78, 5) is 37.9. The fourth-order valence-electron chi connectivity index (χ4n) is 3.42. The first-order chi connectivity index (χ1) is 14.3. The number of ether oxygens (including phenoxy) is 3. The molecule has 1 heterocycles. The molecule has 30 heavy (non-hydrogen) atoms. The number of carbonyl (C=O) groups excluding carboxylic acids is 2. The summed E-state index contributed by atoms with van der Waals surface area (Å²) >= 11 is 0. The van der Waals surface area contributed by atoms with E-state index in [1.807, 2.05) is 30.3 Å². The number of rotatable bonds is 9. The predicted octanol–water partition coefficient (Wildman–Crippen LogP) is 1.80. The van der Waals surface area contributed by atoms with Gasteiger partial charge in [-0.05, 0) is 39.2 Å². The number of aryl methyl sites for hydroxylation is 1. The van der Waals surface area contributed by atoms with Crippen molar-refractivity contribution in [1.29, 1.82) is 0 Å². The second-order valence-electron chi connectivity index (χ2n) is 7.30. The number of morpholine rings is 1. The maximum absolute atomic E-state index is 13.1. The molecule has 1 aromatic rings. The molecule has 2 rings (SSSR count). The lowest BCUT2D eigenvalue weighted by Gasteiger charge is -2.43. The molecule has 0 aromatic heterocycles. The number of carboxylic acid groups (broad SMARTS) is 1. The van der Waals surface area contributed by atoms with Crippen molar-refractivity contribution in [3.63, 3.8) is 0 Å². The van der Waals surface area contributed by atoms with Crippen LogP contribution in [0.1, 0.15) is 32.8 Å². The van der Waals surface area contributed by atoms with Crippen molar-refractivity contribution in [2.24, 2.45) is 0 Å². The van der Waals surface area contributed by atoms with E-state index in [4.69, 9.17) is 19.3 Å². The van der Waals surface area contributed by atoms with Gasteiger partial charge < -0.3 is 19.3 Å². The number of amides is 1. The molecule has 0 saturated carbocycles. The van der Waals surface area contributed by atoms with Gasteiger partial charge in [0.1, 0.15) is 12.6 Å². The van der Waals surface area contributed by atoms with Crippen molar-refractivity contribution < 1.29 is 33.7 Å². The van der Waals surface area contributed by atoms with E-state index in [1.54, 1.807) is 13.8 Å². The molecular weight excluding hydrogens is 392 g/mol. The third kappa shape index (κ3) is 6.43. The maximum Gasteiger partial charge on any atom is 0.507 e. The second-order valence-corrected chi connectivity index (χ2v) is 7.30. The quantitative estimate of drug-likeness (QED) is 0.579. The molecule has 2 N–H and O–H groups in total. The van der Waals surface area contributed by atoms with Gasteiger partial charge in [0.2, 0.25) is 11.6 Å². The molecule has 166 valence electrons. The fraction of sp³-hybridized carbons (Fsp3) is 0.571. The molecule has 0 aliphatic carbocycles. The smallest absolute Gasteiger partial charge is 0.465 e. The van der Waals surface area contributed by atoms with E-state index in [2.05, 4.69) is 5.32 Å². The molecule has 3 atom stereocenters. The Morgan fingerprint density at radius 3 is 2.63 bits per heavy atom. The molecule has 1 aromatic carbocycles. The van der Waals surface area contributed by atoms with Crippen LogP contribution in [-0.2, 0) is 30.2 Å². The number of benzene rings is 1. The Balaban J connectivity index is 2.08. The lowest BCUT2D eigenvalue weighted by Crippen LogP contribution is -2.63. The number of esters is 1. The summed E-state index contributed by atoms with van der Waals surface area (Å²) in [6, 6.07) is 8.27. The van der Waals surface area contributed by atoms with Crippen molar-refractivity contribution in [3.05, 3.63) is 35.9 Å². The summed E-state index contributed by atoms with van der Waals surface area (Å²) in [5, 5.41) is 12.1. The largest absolute Gasteiger partial charge is 0.507 e. The summed E-state index contributed by atoms with van der Waals surface area (Å²) in [7, 11) is 0. The first-order valence-corrected chi connectivity index (χ1v) is 10.0. The van der Waals surface area contributed by atoms with E-state index in [0.717, 1.165) is 5.56 Å². The van der Waals surface area contributed by atoms with Crippen molar-refractivity contribution in [3.8, 4) is 0 Å². The van der Waals surface area contributed by atoms with Crippen LogP contribution in [0.15, 0.2) is 30.3 Å². The van der Waals surface area contributed by atoms with Crippen molar-refractivity contribution in [2.75, 3.05) is 26.4 Å². The van der Waals surface area contributed by atoms with Gasteiger partial charge in [0, 0.05) is 6.54 Å². The van der Waals surface area contributed by atoms with E-state index >= 15 is 0 Å². The minimum atomic E-state index is -1.49. The van der Waals surface area contributed by atoms with Crippen LogP contribution < -0.4 is 5.32 Å². The van der Waals surface area contributed by atoms with Gasteiger partial charge in [0.05, 0.1) is 19.3 Å². The third-order valence-electron chi connectivity index (χ3n) is 4.93. The van der Waals surface area contributed by atoms with E-state index in [-0.39, 0.29) is 32.3 Å². The topological polar surface area (TPSA) is 114 Å². The van der Waals surface area contributed by atoms with E-state index in [9.17, 15) is 14.4 Å². The van der Waals surface area contributed by atoms with Crippen LogP contribution in [0.2, 0.25) is 0 Å². The monoisotopic (exact) mass is 422 g/mol.